The molecule has 2 aliphatic rings. The van der Waals surface area contributed by atoms with Crippen LogP contribution in [0.2, 0.25) is 0 Å². The van der Waals surface area contributed by atoms with E-state index < -0.39 is 0 Å². The smallest absolute Gasteiger partial charge is 0.237 e. The molecule has 1 unspecified atom stereocenters. The topological polar surface area (TPSA) is 84.7 Å². The van der Waals surface area contributed by atoms with Crippen molar-refractivity contribution >= 4 is 23.6 Å². The van der Waals surface area contributed by atoms with E-state index in [1.807, 2.05) is 4.90 Å². The average molecular weight is 301 g/mol. The van der Waals surface area contributed by atoms with Gasteiger partial charge in [-0.15, -0.1) is 11.8 Å². The largest absolute Gasteiger partial charge is 0.377 e. The molecule has 6 nitrogen and oxygen atoms in total. The maximum atomic E-state index is 12.1. The number of ether oxygens (including phenoxy) is 1. The molecule has 2 saturated heterocycles. The number of hydrogen-bond acceptors (Lipinski definition) is 5. The van der Waals surface area contributed by atoms with E-state index in [4.69, 9.17) is 10.6 Å². The van der Waals surface area contributed by atoms with Crippen LogP contribution in [0.15, 0.2) is 0 Å². The Bertz CT molecular complexity index is 340. The number of hydrogen-bond donors (Lipinski definition) is 2. The van der Waals surface area contributed by atoms with Crippen molar-refractivity contribution in [2.24, 2.45) is 11.8 Å². The van der Waals surface area contributed by atoms with Gasteiger partial charge in [0, 0.05) is 31.4 Å². The minimum atomic E-state index is -0.121. The summed E-state index contributed by atoms with van der Waals surface area (Å²) in [6, 6.07) is 0. The monoisotopic (exact) mass is 301 g/mol. The summed E-state index contributed by atoms with van der Waals surface area (Å²) in [4.78, 5) is 25.3. The van der Waals surface area contributed by atoms with Crippen molar-refractivity contribution in [2.45, 2.75) is 31.8 Å². The number of rotatable bonds is 5. The number of amides is 2. The molecule has 2 heterocycles. The number of piperidine rings is 1. The Morgan fingerprint density at radius 1 is 1.30 bits per heavy atom. The first-order chi connectivity index (χ1) is 9.70. The van der Waals surface area contributed by atoms with Crippen molar-refractivity contribution in [2.75, 3.05) is 31.2 Å². The molecule has 0 spiro atoms. The number of thioether (sulfide) groups is 1. The molecule has 20 heavy (non-hydrogen) atoms. The van der Waals surface area contributed by atoms with E-state index in [-0.39, 0.29) is 17.7 Å². The molecule has 2 aliphatic heterocycles. The van der Waals surface area contributed by atoms with Crippen LogP contribution in [0.25, 0.3) is 0 Å². The molecule has 0 aliphatic carbocycles. The summed E-state index contributed by atoms with van der Waals surface area (Å²) in [6.45, 7) is 2.16. The summed E-state index contributed by atoms with van der Waals surface area (Å²) in [5, 5.41) is 0. The molecule has 1 atom stereocenters. The fourth-order valence-corrected chi connectivity index (χ4v) is 3.65. The second-order valence-electron chi connectivity index (χ2n) is 5.31. The molecule has 0 aromatic rings. The Morgan fingerprint density at radius 2 is 2.05 bits per heavy atom. The molecule has 2 rings (SSSR count). The maximum absolute atomic E-state index is 12.1. The number of carbonyl (C=O) groups excluding carboxylic acids is 2. The van der Waals surface area contributed by atoms with Crippen molar-refractivity contribution in [3.05, 3.63) is 0 Å². The summed E-state index contributed by atoms with van der Waals surface area (Å²) < 4.78 is 5.53. The SMILES string of the molecule is NNC(=O)C1CCN(C(=O)CSCC2CCCO2)CC1. The summed E-state index contributed by atoms with van der Waals surface area (Å²) in [5.74, 6) is 6.53. The van der Waals surface area contributed by atoms with Gasteiger partial charge < -0.3 is 9.64 Å². The Kier molecular flexibility index (Phi) is 6.12. The van der Waals surface area contributed by atoms with E-state index >= 15 is 0 Å². The van der Waals surface area contributed by atoms with E-state index in [0.717, 1.165) is 25.2 Å². The standard InChI is InChI=1S/C13H23N3O3S/c14-15-13(18)10-3-5-16(6-4-10)12(17)9-20-8-11-2-1-7-19-11/h10-11H,1-9,14H2,(H,15,18). The van der Waals surface area contributed by atoms with Crippen LogP contribution >= 0.6 is 11.8 Å². The predicted molar refractivity (Wildman–Crippen MR) is 77.9 cm³/mol. The summed E-state index contributed by atoms with van der Waals surface area (Å²) in [5.41, 5.74) is 2.18. The van der Waals surface area contributed by atoms with Crippen LogP contribution < -0.4 is 11.3 Å². The lowest BCUT2D eigenvalue weighted by atomic mass is 9.96. The average Bonchev–Trinajstić information content (AvgIpc) is 2.99. The first kappa shape index (κ1) is 15.6. The van der Waals surface area contributed by atoms with Crippen LogP contribution in [0.5, 0.6) is 0 Å². The molecular weight excluding hydrogens is 278 g/mol. The number of nitrogens with two attached hydrogens (primary N) is 1. The van der Waals surface area contributed by atoms with E-state index in [1.165, 1.54) is 0 Å². The van der Waals surface area contributed by atoms with Crippen LogP contribution in [0, 0.1) is 5.92 Å². The van der Waals surface area contributed by atoms with Gasteiger partial charge >= 0.3 is 0 Å². The first-order valence-corrected chi connectivity index (χ1v) is 8.33. The zero-order valence-electron chi connectivity index (χ0n) is 11.7. The van der Waals surface area contributed by atoms with Crippen LogP contribution in [-0.4, -0.2) is 54.0 Å². The maximum Gasteiger partial charge on any atom is 0.237 e. The summed E-state index contributed by atoms with van der Waals surface area (Å²) >= 11 is 1.65. The minimum Gasteiger partial charge on any atom is -0.377 e. The molecule has 0 aromatic carbocycles. The van der Waals surface area contributed by atoms with Crippen LogP contribution in [-0.2, 0) is 14.3 Å². The normalized spacial score (nSPS) is 23.9. The van der Waals surface area contributed by atoms with Gasteiger partial charge in [0.05, 0.1) is 11.9 Å². The zero-order valence-corrected chi connectivity index (χ0v) is 12.5. The Labute approximate surface area is 123 Å². The highest BCUT2D eigenvalue weighted by Crippen LogP contribution is 2.20. The third kappa shape index (κ3) is 4.36. The van der Waals surface area contributed by atoms with E-state index in [1.54, 1.807) is 11.8 Å². The molecule has 2 fully saturated rings. The molecule has 7 heteroatoms. The molecule has 114 valence electrons. The van der Waals surface area contributed by atoms with Gasteiger partial charge in [0.15, 0.2) is 0 Å². The number of nitrogens with one attached hydrogen (secondary N) is 1. The highest BCUT2D eigenvalue weighted by molar-refractivity contribution is 7.99. The van der Waals surface area contributed by atoms with Gasteiger partial charge in [0.2, 0.25) is 11.8 Å². The lowest BCUT2D eigenvalue weighted by molar-refractivity contribution is -0.133. The van der Waals surface area contributed by atoms with Crippen molar-refractivity contribution in [3.63, 3.8) is 0 Å². The third-order valence-electron chi connectivity index (χ3n) is 3.91. The van der Waals surface area contributed by atoms with E-state index in [0.29, 0.717) is 37.8 Å². The second-order valence-corrected chi connectivity index (χ2v) is 6.34. The molecule has 0 saturated carbocycles. The fourth-order valence-electron chi connectivity index (χ4n) is 2.65. The Morgan fingerprint density at radius 3 is 2.65 bits per heavy atom. The lowest BCUT2D eigenvalue weighted by Gasteiger charge is -2.31. The Balaban J connectivity index is 1.62. The van der Waals surface area contributed by atoms with Crippen LogP contribution in [0.4, 0.5) is 0 Å². The molecule has 0 aromatic heterocycles. The Hall–Kier alpha value is -0.790. The van der Waals surface area contributed by atoms with Gasteiger partial charge in [0.25, 0.3) is 0 Å². The van der Waals surface area contributed by atoms with E-state index in [2.05, 4.69) is 5.43 Å². The molecule has 3 N–H and O–H groups in total. The first-order valence-electron chi connectivity index (χ1n) is 7.18. The van der Waals surface area contributed by atoms with Gasteiger partial charge in [-0.05, 0) is 25.7 Å². The van der Waals surface area contributed by atoms with Crippen molar-refractivity contribution < 1.29 is 14.3 Å². The van der Waals surface area contributed by atoms with Gasteiger partial charge in [-0.1, -0.05) is 0 Å². The van der Waals surface area contributed by atoms with Gasteiger partial charge in [-0.2, -0.15) is 0 Å². The highest BCUT2D eigenvalue weighted by Gasteiger charge is 2.27. The summed E-state index contributed by atoms with van der Waals surface area (Å²) in [7, 11) is 0. The van der Waals surface area contributed by atoms with Gasteiger partial charge in [0.1, 0.15) is 0 Å². The molecule has 0 radical (unpaired) electrons. The number of nitrogens with zero attached hydrogens (tertiary/aromatic N) is 1. The number of likely N-dealkylation sites (tertiary alicyclic amines) is 1. The van der Waals surface area contributed by atoms with Crippen molar-refractivity contribution in [1.82, 2.24) is 10.3 Å². The minimum absolute atomic E-state index is 0.0522. The fraction of sp³-hybridized carbons (Fsp3) is 0.846. The molecular formula is C13H23N3O3S. The molecule has 2 amide bonds. The third-order valence-corrected chi connectivity index (χ3v) is 4.97. The van der Waals surface area contributed by atoms with E-state index in [9.17, 15) is 9.59 Å². The molecule has 0 bridgehead atoms. The zero-order chi connectivity index (χ0) is 14.4. The van der Waals surface area contributed by atoms with Crippen molar-refractivity contribution in [3.8, 4) is 0 Å². The van der Waals surface area contributed by atoms with Gasteiger partial charge in [-0.25, -0.2) is 5.84 Å². The second kappa shape index (κ2) is 7.85. The number of carbonyl (C=O) groups is 2. The lowest BCUT2D eigenvalue weighted by Crippen LogP contribution is -2.45. The number of hydrazine groups is 1. The van der Waals surface area contributed by atoms with Crippen LogP contribution in [0.3, 0.4) is 0 Å². The summed E-state index contributed by atoms with van der Waals surface area (Å²) in [6.07, 6.45) is 3.97. The quantitative estimate of drug-likeness (QED) is 0.428. The highest BCUT2D eigenvalue weighted by atomic mass is 32.2. The van der Waals surface area contributed by atoms with Crippen molar-refractivity contribution in [1.29, 1.82) is 0 Å². The van der Waals surface area contributed by atoms with Crippen LogP contribution in [0.1, 0.15) is 25.7 Å². The van der Waals surface area contributed by atoms with Gasteiger partial charge in [-0.3, -0.25) is 15.0 Å². The predicted octanol–water partition coefficient (Wildman–Crippen LogP) is 0.127.